The number of likely N-dealkylation sites (tertiary alicyclic amines) is 1. The van der Waals surface area contributed by atoms with Crippen molar-refractivity contribution in [3.63, 3.8) is 0 Å². The summed E-state index contributed by atoms with van der Waals surface area (Å²) in [6.07, 6.45) is 2.09. The molecule has 0 bridgehead atoms. The van der Waals surface area contributed by atoms with E-state index in [1.54, 1.807) is 12.1 Å². The van der Waals surface area contributed by atoms with Gasteiger partial charge in [-0.3, -0.25) is 0 Å². The van der Waals surface area contributed by atoms with Crippen molar-refractivity contribution in [2.45, 2.75) is 38.5 Å². The van der Waals surface area contributed by atoms with Crippen molar-refractivity contribution >= 4 is 17.3 Å². The van der Waals surface area contributed by atoms with Gasteiger partial charge in [0.15, 0.2) is 0 Å². The Balaban J connectivity index is 1.98. The highest BCUT2D eigenvalue weighted by atomic mass is 35.5. The van der Waals surface area contributed by atoms with Gasteiger partial charge in [-0.1, -0.05) is 11.6 Å². The lowest BCUT2D eigenvalue weighted by atomic mass is 9.99. The first-order valence-electron chi connectivity index (χ1n) is 6.67. The molecular formula is C14H19ClF2N2O. The van der Waals surface area contributed by atoms with Crippen LogP contribution in [0.4, 0.5) is 14.5 Å². The molecule has 2 rings (SSSR count). The van der Waals surface area contributed by atoms with Crippen LogP contribution in [-0.2, 0) is 0 Å². The first-order chi connectivity index (χ1) is 9.45. The molecule has 1 aliphatic heterocycles. The topological polar surface area (TPSA) is 24.5 Å². The van der Waals surface area contributed by atoms with E-state index in [4.69, 9.17) is 11.6 Å². The summed E-state index contributed by atoms with van der Waals surface area (Å²) in [5.74, 6) is 0.00367. The van der Waals surface area contributed by atoms with Crippen molar-refractivity contribution in [3.8, 4) is 5.75 Å². The minimum atomic E-state index is -2.86. The molecule has 0 amide bonds. The van der Waals surface area contributed by atoms with Crippen LogP contribution in [-0.4, -0.2) is 37.2 Å². The quantitative estimate of drug-likeness (QED) is 0.915. The van der Waals surface area contributed by atoms with Crippen LogP contribution in [0.5, 0.6) is 5.75 Å². The highest BCUT2D eigenvalue weighted by molar-refractivity contribution is 6.32. The number of rotatable bonds is 4. The molecule has 3 nitrogen and oxygen atoms in total. The molecule has 0 aromatic heterocycles. The number of benzene rings is 1. The fraction of sp³-hybridized carbons (Fsp3) is 0.571. The van der Waals surface area contributed by atoms with E-state index in [0.717, 1.165) is 25.1 Å². The zero-order valence-electron chi connectivity index (χ0n) is 11.6. The zero-order valence-corrected chi connectivity index (χ0v) is 12.3. The van der Waals surface area contributed by atoms with Crippen LogP contribution >= 0.6 is 11.6 Å². The van der Waals surface area contributed by atoms with Gasteiger partial charge in [-0.15, -0.1) is 0 Å². The molecule has 0 radical (unpaired) electrons. The Morgan fingerprint density at radius 2 is 2.20 bits per heavy atom. The van der Waals surface area contributed by atoms with E-state index in [0.29, 0.717) is 12.1 Å². The van der Waals surface area contributed by atoms with Crippen molar-refractivity contribution in [2.24, 2.45) is 0 Å². The third-order valence-corrected chi connectivity index (χ3v) is 4.02. The van der Waals surface area contributed by atoms with Gasteiger partial charge in [0.2, 0.25) is 0 Å². The molecule has 2 unspecified atom stereocenters. The van der Waals surface area contributed by atoms with E-state index in [9.17, 15) is 8.78 Å². The Kier molecular flexibility index (Phi) is 5.05. The average molecular weight is 305 g/mol. The molecule has 20 heavy (non-hydrogen) atoms. The summed E-state index contributed by atoms with van der Waals surface area (Å²) in [4.78, 5) is 2.32. The number of anilines is 1. The number of alkyl halides is 2. The van der Waals surface area contributed by atoms with Gasteiger partial charge in [0.25, 0.3) is 0 Å². The molecule has 0 saturated carbocycles. The Bertz CT molecular complexity index is 459. The molecule has 1 aliphatic rings. The van der Waals surface area contributed by atoms with Gasteiger partial charge >= 0.3 is 6.61 Å². The minimum Gasteiger partial charge on any atom is -0.433 e. The predicted octanol–water partition coefficient (Wildman–Crippen LogP) is 3.84. The van der Waals surface area contributed by atoms with Gasteiger partial charge < -0.3 is 15.0 Å². The van der Waals surface area contributed by atoms with E-state index >= 15 is 0 Å². The molecule has 1 N–H and O–H groups in total. The maximum absolute atomic E-state index is 12.2. The molecule has 1 aromatic rings. The standard InChI is InChI=1S/C14H19ClF2N2O/c1-9-7-11(5-6-19(9)2)18-10-3-4-13(12(15)8-10)20-14(16)17/h3-4,8-9,11,14,18H,5-7H2,1-2H3. The normalized spacial score (nSPS) is 23.9. The summed E-state index contributed by atoms with van der Waals surface area (Å²) < 4.78 is 28.6. The maximum Gasteiger partial charge on any atom is 0.387 e. The number of nitrogens with zero attached hydrogens (tertiary/aromatic N) is 1. The molecule has 0 aliphatic carbocycles. The van der Waals surface area contributed by atoms with Crippen molar-refractivity contribution in [2.75, 3.05) is 18.9 Å². The molecule has 0 spiro atoms. The molecule has 1 heterocycles. The Hall–Kier alpha value is -1.07. The summed E-state index contributed by atoms with van der Waals surface area (Å²) in [5, 5.41) is 3.59. The van der Waals surface area contributed by atoms with Gasteiger partial charge in [0.1, 0.15) is 5.75 Å². The highest BCUT2D eigenvalue weighted by Gasteiger charge is 2.22. The molecule has 6 heteroatoms. The molecule has 1 saturated heterocycles. The van der Waals surface area contributed by atoms with Gasteiger partial charge in [-0.05, 0) is 45.0 Å². The summed E-state index contributed by atoms with van der Waals surface area (Å²) in [7, 11) is 2.12. The zero-order chi connectivity index (χ0) is 14.7. The lowest BCUT2D eigenvalue weighted by molar-refractivity contribution is -0.0497. The van der Waals surface area contributed by atoms with Crippen LogP contribution in [0.25, 0.3) is 0 Å². The molecule has 1 aromatic carbocycles. The third kappa shape index (κ3) is 3.96. The van der Waals surface area contributed by atoms with Crippen molar-refractivity contribution in [1.82, 2.24) is 4.90 Å². The maximum atomic E-state index is 12.2. The van der Waals surface area contributed by atoms with E-state index in [1.807, 2.05) is 0 Å². The second-order valence-electron chi connectivity index (χ2n) is 5.22. The van der Waals surface area contributed by atoms with Crippen molar-refractivity contribution in [3.05, 3.63) is 23.2 Å². The van der Waals surface area contributed by atoms with Gasteiger partial charge in [0.05, 0.1) is 5.02 Å². The smallest absolute Gasteiger partial charge is 0.387 e. The van der Waals surface area contributed by atoms with E-state index in [-0.39, 0.29) is 10.8 Å². The van der Waals surface area contributed by atoms with Crippen LogP contribution in [0.2, 0.25) is 5.02 Å². The first-order valence-corrected chi connectivity index (χ1v) is 7.04. The van der Waals surface area contributed by atoms with Crippen LogP contribution in [0, 0.1) is 0 Å². The fourth-order valence-corrected chi connectivity index (χ4v) is 2.66. The summed E-state index contributed by atoms with van der Waals surface area (Å²) in [6.45, 7) is 0.376. The fourth-order valence-electron chi connectivity index (χ4n) is 2.44. The molecular weight excluding hydrogens is 286 g/mol. The first kappa shape index (κ1) is 15.3. The second kappa shape index (κ2) is 6.59. The van der Waals surface area contributed by atoms with Gasteiger partial charge in [-0.25, -0.2) is 0 Å². The Labute approximate surface area is 122 Å². The monoisotopic (exact) mass is 304 g/mol. The lowest BCUT2D eigenvalue weighted by Crippen LogP contribution is -2.42. The lowest BCUT2D eigenvalue weighted by Gasteiger charge is -2.35. The largest absolute Gasteiger partial charge is 0.433 e. The highest BCUT2D eigenvalue weighted by Crippen LogP contribution is 2.30. The SMILES string of the molecule is CC1CC(Nc2ccc(OC(F)F)c(Cl)c2)CCN1C. The molecule has 2 atom stereocenters. The number of piperidine rings is 1. The van der Waals surface area contributed by atoms with Crippen LogP contribution in [0.15, 0.2) is 18.2 Å². The average Bonchev–Trinajstić information content (AvgIpc) is 2.37. The predicted molar refractivity (Wildman–Crippen MR) is 76.8 cm³/mol. The van der Waals surface area contributed by atoms with Gasteiger partial charge in [-0.2, -0.15) is 8.78 Å². The van der Waals surface area contributed by atoms with Crippen molar-refractivity contribution in [1.29, 1.82) is 0 Å². The minimum absolute atomic E-state index is 0.00367. The Morgan fingerprint density at radius 3 is 2.80 bits per heavy atom. The number of hydrogen-bond acceptors (Lipinski definition) is 3. The van der Waals surface area contributed by atoms with Crippen LogP contribution < -0.4 is 10.1 Å². The van der Waals surface area contributed by atoms with E-state index in [1.165, 1.54) is 6.07 Å². The Morgan fingerprint density at radius 1 is 1.45 bits per heavy atom. The number of hydrogen-bond donors (Lipinski definition) is 1. The molecule has 112 valence electrons. The number of nitrogens with one attached hydrogen (secondary N) is 1. The summed E-state index contributed by atoms with van der Waals surface area (Å²) >= 11 is 5.94. The van der Waals surface area contributed by atoms with Crippen LogP contribution in [0.3, 0.4) is 0 Å². The van der Waals surface area contributed by atoms with E-state index < -0.39 is 6.61 Å². The molecule has 1 fully saturated rings. The van der Waals surface area contributed by atoms with Crippen LogP contribution in [0.1, 0.15) is 19.8 Å². The third-order valence-electron chi connectivity index (χ3n) is 3.73. The second-order valence-corrected chi connectivity index (χ2v) is 5.63. The number of ether oxygens (including phenoxy) is 1. The summed E-state index contributed by atoms with van der Waals surface area (Å²) in [6, 6.07) is 5.71. The van der Waals surface area contributed by atoms with E-state index in [2.05, 4.69) is 28.9 Å². The van der Waals surface area contributed by atoms with Gasteiger partial charge in [0, 0.05) is 24.3 Å². The number of halogens is 3. The van der Waals surface area contributed by atoms with Crippen molar-refractivity contribution < 1.29 is 13.5 Å². The summed E-state index contributed by atoms with van der Waals surface area (Å²) in [5.41, 5.74) is 0.832.